The average Bonchev–Trinajstić information content (AvgIpc) is 3.10. The Labute approximate surface area is 115 Å². The molecular formula is C11H14Cl2N4O. The molecule has 0 spiro atoms. The van der Waals surface area contributed by atoms with Crippen molar-refractivity contribution in [3.8, 4) is 0 Å². The number of nitrogens with zero attached hydrogens (tertiary/aromatic N) is 1. The number of hydrogen-bond acceptors (Lipinski definition) is 3. The highest BCUT2D eigenvalue weighted by atomic mass is 35.5. The van der Waals surface area contributed by atoms with E-state index < -0.39 is 0 Å². The van der Waals surface area contributed by atoms with Crippen LogP contribution in [0.15, 0.2) is 12.3 Å². The van der Waals surface area contributed by atoms with Gasteiger partial charge in [0.1, 0.15) is 5.82 Å². The summed E-state index contributed by atoms with van der Waals surface area (Å²) in [4.78, 5) is 15.4. The van der Waals surface area contributed by atoms with Gasteiger partial charge in [0, 0.05) is 25.3 Å². The standard InChI is InChI=1S/C11H14Cl2N4O/c12-7-5-9(13)10(16-6-7)14-3-4-15-11(18)17-8-1-2-8/h5-6,8H,1-4H2,(H,14,16)(H2,15,17,18). The van der Waals surface area contributed by atoms with Crippen LogP contribution in [0, 0.1) is 0 Å². The number of carbonyl (C=O) groups is 1. The first-order valence-corrected chi connectivity index (χ1v) is 6.50. The first kappa shape index (κ1) is 13.2. The van der Waals surface area contributed by atoms with Gasteiger partial charge in [-0.25, -0.2) is 9.78 Å². The molecule has 0 saturated heterocycles. The van der Waals surface area contributed by atoms with Crippen molar-refractivity contribution in [2.45, 2.75) is 18.9 Å². The molecule has 7 heteroatoms. The van der Waals surface area contributed by atoms with Gasteiger partial charge in [-0.3, -0.25) is 0 Å². The van der Waals surface area contributed by atoms with Crippen LogP contribution < -0.4 is 16.0 Å². The summed E-state index contributed by atoms with van der Waals surface area (Å²) in [7, 11) is 0. The average molecular weight is 289 g/mol. The zero-order chi connectivity index (χ0) is 13.0. The molecule has 0 bridgehead atoms. The zero-order valence-electron chi connectivity index (χ0n) is 9.67. The predicted molar refractivity (Wildman–Crippen MR) is 72.3 cm³/mol. The third-order valence-electron chi connectivity index (χ3n) is 2.42. The summed E-state index contributed by atoms with van der Waals surface area (Å²) in [5.74, 6) is 0.561. The number of halogens is 2. The van der Waals surface area contributed by atoms with E-state index in [-0.39, 0.29) is 6.03 Å². The molecule has 0 aliphatic heterocycles. The molecule has 1 aromatic rings. The van der Waals surface area contributed by atoms with E-state index >= 15 is 0 Å². The molecule has 18 heavy (non-hydrogen) atoms. The maximum Gasteiger partial charge on any atom is 0.315 e. The summed E-state index contributed by atoms with van der Waals surface area (Å²) in [6, 6.07) is 1.85. The lowest BCUT2D eigenvalue weighted by Crippen LogP contribution is -2.39. The van der Waals surface area contributed by atoms with Crippen molar-refractivity contribution in [1.82, 2.24) is 15.6 Å². The van der Waals surface area contributed by atoms with Crippen molar-refractivity contribution in [2.75, 3.05) is 18.4 Å². The summed E-state index contributed by atoms with van der Waals surface area (Å²) < 4.78 is 0. The monoisotopic (exact) mass is 288 g/mol. The molecule has 1 aromatic heterocycles. The number of nitrogens with one attached hydrogen (secondary N) is 3. The van der Waals surface area contributed by atoms with Gasteiger partial charge in [0.25, 0.3) is 0 Å². The Balaban J connectivity index is 1.66. The van der Waals surface area contributed by atoms with E-state index in [0.717, 1.165) is 12.8 Å². The molecule has 0 radical (unpaired) electrons. The van der Waals surface area contributed by atoms with Crippen molar-refractivity contribution >= 4 is 35.1 Å². The second-order valence-electron chi connectivity index (χ2n) is 4.09. The lowest BCUT2D eigenvalue weighted by Gasteiger charge is -2.09. The lowest BCUT2D eigenvalue weighted by atomic mass is 10.4. The zero-order valence-corrected chi connectivity index (χ0v) is 11.2. The van der Waals surface area contributed by atoms with Crippen LogP contribution >= 0.6 is 23.2 Å². The highest BCUT2D eigenvalue weighted by Crippen LogP contribution is 2.22. The maximum atomic E-state index is 11.3. The van der Waals surface area contributed by atoms with E-state index in [4.69, 9.17) is 23.2 Å². The van der Waals surface area contributed by atoms with E-state index in [1.807, 2.05) is 0 Å². The Morgan fingerprint density at radius 3 is 2.83 bits per heavy atom. The van der Waals surface area contributed by atoms with E-state index in [1.54, 1.807) is 6.07 Å². The molecule has 1 saturated carbocycles. The van der Waals surface area contributed by atoms with E-state index in [2.05, 4.69) is 20.9 Å². The summed E-state index contributed by atoms with van der Waals surface area (Å²) in [6.07, 6.45) is 3.68. The Morgan fingerprint density at radius 1 is 1.39 bits per heavy atom. The Bertz CT molecular complexity index is 437. The van der Waals surface area contributed by atoms with Gasteiger partial charge in [-0.15, -0.1) is 0 Å². The van der Waals surface area contributed by atoms with E-state index in [9.17, 15) is 4.79 Å². The molecular weight excluding hydrogens is 275 g/mol. The number of pyridine rings is 1. The molecule has 1 aliphatic carbocycles. The van der Waals surface area contributed by atoms with Gasteiger partial charge in [0.2, 0.25) is 0 Å². The fourth-order valence-corrected chi connectivity index (χ4v) is 1.81. The minimum Gasteiger partial charge on any atom is -0.367 e. The van der Waals surface area contributed by atoms with Crippen LogP contribution in [0.2, 0.25) is 10.0 Å². The molecule has 0 aromatic carbocycles. The molecule has 5 nitrogen and oxygen atoms in total. The van der Waals surface area contributed by atoms with Crippen LogP contribution in [-0.4, -0.2) is 30.1 Å². The van der Waals surface area contributed by atoms with E-state index in [1.165, 1.54) is 6.20 Å². The molecule has 2 amide bonds. The number of rotatable bonds is 5. The first-order chi connectivity index (χ1) is 8.65. The summed E-state index contributed by atoms with van der Waals surface area (Å²) in [5.41, 5.74) is 0. The predicted octanol–water partition coefficient (Wildman–Crippen LogP) is 2.26. The molecule has 1 heterocycles. The third kappa shape index (κ3) is 4.23. The van der Waals surface area contributed by atoms with Crippen molar-refractivity contribution in [3.63, 3.8) is 0 Å². The van der Waals surface area contributed by atoms with Crippen LogP contribution in [0.25, 0.3) is 0 Å². The van der Waals surface area contributed by atoms with Crippen LogP contribution in [0.5, 0.6) is 0 Å². The molecule has 0 unspecified atom stereocenters. The lowest BCUT2D eigenvalue weighted by molar-refractivity contribution is 0.241. The fourth-order valence-electron chi connectivity index (χ4n) is 1.37. The van der Waals surface area contributed by atoms with Gasteiger partial charge >= 0.3 is 6.03 Å². The minimum atomic E-state index is -0.130. The molecule has 1 aliphatic rings. The SMILES string of the molecule is O=C(NCCNc1ncc(Cl)cc1Cl)NC1CC1. The van der Waals surface area contributed by atoms with Crippen LogP contribution in [0.1, 0.15) is 12.8 Å². The second-order valence-corrected chi connectivity index (χ2v) is 4.93. The third-order valence-corrected chi connectivity index (χ3v) is 2.92. The maximum absolute atomic E-state index is 11.3. The second kappa shape index (κ2) is 6.11. The molecule has 98 valence electrons. The largest absolute Gasteiger partial charge is 0.367 e. The molecule has 2 rings (SSSR count). The van der Waals surface area contributed by atoms with Crippen molar-refractivity contribution in [1.29, 1.82) is 0 Å². The topological polar surface area (TPSA) is 66.0 Å². The normalized spacial score (nSPS) is 14.1. The number of amides is 2. The van der Waals surface area contributed by atoms with Crippen LogP contribution in [0.3, 0.4) is 0 Å². The van der Waals surface area contributed by atoms with Gasteiger partial charge in [0.15, 0.2) is 0 Å². The van der Waals surface area contributed by atoms with Crippen molar-refractivity contribution < 1.29 is 4.79 Å². The number of urea groups is 1. The van der Waals surface area contributed by atoms with Crippen LogP contribution in [0.4, 0.5) is 10.6 Å². The Morgan fingerprint density at radius 2 is 2.17 bits per heavy atom. The molecule has 3 N–H and O–H groups in total. The smallest absolute Gasteiger partial charge is 0.315 e. The van der Waals surface area contributed by atoms with Gasteiger partial charge in [-0.2, -0.15) is 0 Å². The van der Waals surface area contributed by atoms with Crippen molar-refractivity contribution in [3.05, 3.63) is 22.3 Å². The first-order valence-electron chi connectivity index (χ1n) is 5.74. The Kier molecular flexibility index (Phi) is 4.49. The molecule has 1 fully saturated rings. The van der Waals surface area contributed by atoms with Crippen molar-refractivity contribution in [2.24, 2.45) is 0 Å². The van der Waals surface area contributed by atoms with Gasteiger partial charge in [-0.1, -0.05) is 23.2 Å². The summed E-state index contributed by atoms with van der Waals surface area (Å²) in [6.45, 7) is 1.05. The van der Waals surface area contributed by atoms with Gasteiger partial charge < -0.3 is 16.0 Å². The van der Waals surface area contributed by atoms with Gasteiger partial charge in [0.05, 0.1) is 10.0 Å². The van der Waals surface area contributed by atoms with E-state index in [0.29, 0.717) is 35.0 Å². The highest BCUT2D eigenvalue weighted by molar-refractivity contribution is 6.35. The molecule has 0 atom stereocenters. The van der Waals surface area contributed by atoms with Crippen LogP contribution in [-0.2, 0) is 0 Å². The highest BCUT2D eigenvalue weighted by Gasteiger charge is 2.22. The Hall–Kier alpha value is -1.20. The number of hydrogen-bond donors (Lipinski definition) is 3. The van der Waals surface area contributed by atoms with Gasteiger partial charge in [-0.05, 0) is 18.9 Å². The minimum absolute atomic E-state index is 0.130. The number of anilines is 1. The quantitative estimate of drug-likeness (QED) is 0.728. The summed E-state index contributed by atoms with van der Waals surface area (Å²) >= 11 is 11.7. The summed E-state index contributed by atoms with van der Waals surface area (Å²) in [5, 5.41) is 9.56. The number of aromatic nitrogens is 1. The number of carbonyl (C=O) groups excluding carboxylic acids is 1. The fraction of sp³-hybridized carbons (Fsp3) is 0.455.